The van der Waals surface area contributed by atoms with Gasteiger partial charge in [-0.25, -0.2) is 0 Å². The fourth-order valence-electron chi connectivity index (χ4n) is 2.38. The zero-order chi connectivity index (χ0) is 12.1. The summed E-state index contributed by atoms with van der Waals surface area (Å²) in [6.45, 7) is 1.10. The summed E-state index contributed by atoms with van der Waals surface area (Å²) < 4.78 is 5.61. The molecule has 94 valence electrons. The Bertz CT molecular complexity index is 331. The predicted molar refractivity (Wildman–Crippen MR) is 69.3 cm³/mol. The van der Waals surface area contributed by atoms with Gasteiger partial charge in [0.05, 0.1) is 6.10 Å². The molecule has 1 aliphatic rings. The zero-order valence-electron chi connectivity index (χ0n) is 9.94. The molecule has 2 rings (SSSR count). The van der Waals surface area contributed by atoms with E-state index in [9.17, 15) is 5.11 Å². The summed E-state index contributed by atoms with van der Waals surface area (Å²) in [6.07, 6.45) is 4.49. The molecule has 2 nitrogen and oxygen atoms in total. The van der Waals surface area contributed by atoms with Gasteiger partial charge in [-0.2, -0.15) is 0 Å². The van der Waals surface area contributed by atoms with Crippen LogP contribution in [0.1, 0.15) is 24.8 Å². The average Bonchev–Trinajstić information content (AvgIpc) is 2.84. The number of rotatable bonds is 5. The Hall–Kier alpha value is -0.570. The summed E-state index contributed by atoms with van der Waals surface area (Å²) in [5.74, 6) is 0.291. The summed E-state index contributed by atoms with van der Waals surface area (Å²) in [5, 5.41) is 10.2. The van der Waals surface area contributed by atoms with Gasteiger partial charge in [0.1, 0.15) is 0 Å². The molecule has 0 aliphatic carbocycles. The van der Waals surface area contributed by atoms with Crippen molar-refractivity contribution in [3.8, 4) is 0 Å². The van der Waals surface area contributed by atoms with Crippen LogP contribution in [0.15, 0.2) is 24.3 Å². The number of ether oxygens (including phenoxy) is 1. The van der Waals surface area contributed by atoms with Crippen molar-refractivity contribution < 1.29 is 9.84 Å². The third-order valence-electron chi connectivity index (χ3n) is 3.32. The molecule has 0 saturated carbocycles. The van der Waals surface area contributed by atoms with Crippen molar-refractivity contribution in [1.82, 2.24) is 0 Å². The molecule has 0 bridgehead atoms. The Morgan fingerprint density at radius 1 is 1.35 bits per heavy atom. The molecule has 1 aliphatic heterocycles. The van der Waals surface area contributed by atoms with Crippen LogP contribution in [-0.4, -0.2) is 24.4 Å². The van der Waals surface area contributed by atoms with Crippen molar-refractivity contribution in [1.29, 1.82) is 0 Å². The molecule has 1 saturated heterocycles. The molecule has 0 radical (unpaired) electrons. The van der Waals surface area contributed by atoms with Gasteiger partial charge in [-0.1, -0.05) is 23.7 Å². The van der Waals surface area contributed by atoms with Gasteiger partial charge >= 0.3 is 0 Å². The first-order chi connectivity index (χ1) is 8.28. The number of halogens is 1. The van der Waals surface area contributed by atoms with E-state index in [0.717, 1.165) is 37.3 Å². The van der Waals surface area contributed by atoms with Crippen molar-refractivity contribution in [2.75, 3.05) is 13.2 Å². The normalized spacial score (nSPS) is 21.6. The van der Waals surface area contributed by atoms with Crippen LogP contribution in [0.25, 0.3) is 0 Å². The molecular weight excluding hydrogens is 236 g/mol. The minimum atomic E-state index is 0.225. The molecule has 2 atom stereocenters. The van der Waals surface area contributed by atoms with Crippen LogP contribution in [0.3, 0.4) is 0 Å². The Kier molecular flexibility index (Phi) is 4.84. The summed E-state index contributed by atoms with van der Waals surface area (Å²) in [4.78, 5) is 0. The van der Waals surface area contributed by atoms with Crippen molar-refractivity contribution in [3.63, 3.8) is 0 Å². The summed E-state index contributed by atoms with van der Waals surface area (Å²) in [6, 6.07) is 7.86. The first-order valence-corrected chi connectivity index (χ1v) is 6.62. The molecule has 0 amide bonds. The van der Waals surface area contributed by atoms with Crippen LogP contribution >= 0.6 is 11.6 Å². The maximum atomic E-state index is 9.42. The lowest BCUT2D eigenvalue weighted by molar-refractivity contribution is 0.0766. The van der Waals surface area contributed by atoms with Crippen molar-refractivity contribution in [2.24, 2.45) is 5.92 Å². The minimum absolute atomic E-state index is 0.225. The minimum Gasteiger partial charge on any atom is -0.396 e. The van der Waals surface area contributed by atoms with E-state index in [2.05, 4.69) is 0 Å². The quantitative estimate of drug-likeness (QED) is 0.875. The zero-order valence-corrected chi connectivity index (χ0v) is 10.7. The van der Waals surface area contributed by atoms with Crippen LogP contribution in [0.5, 0.6) is 0 Å². The van der Waals surface area contributed by atoms with Crippen LogP contribution in [0.4, 0.5) is 0 Å². The van der Waals surface area contributed by atoms with E-state index in [1.54, 1.807) is 0 Å². The van der Waals surface area contributed by atoms with Crippen LogP contribution < -0.4 is 0 Å². The monoisotopic (exact) mass is 254 g/mol. The van der Waals surface area contributed by atoms with Crippen LogP contribution in [0, 0.1) is 5.92 Å². The highest BCUT2D eigenvalue weighted by Gasteiger charge is 2.20. The lowest BCUT2D eigenvalue weighted by Crippen LogP contribution is -2.18. The predicted octanol–water partition coefficient (Wildman–Crippen LogP) is 3.06. The molecule has 2 unspecified atom stereocenters. The molecule has 1 aromatic carbocycles. The van der Waals surface area contributed by atoms with E-state index in [4.69, 9.17) is 16.3 Å². The van der Waals surface area contributed by atoms with E-state index in [1.807, 2.05) is 24.3 Å². The number of hydrogen-bond donors (Lipinski definition) is 1. The van der Waals surface area contributed by atoms with Crippen molar-refractivity contribution in [3.05, 3.63) is 34.9 Å². The fourth-order valence-corrected chi connectivity index (χ4v) is 2.50. The number of aliphatic hydroxyl groups excluding tert-OH is 1. The molecule has 1 heterocycles. The molecule has 1 fully saturated rings. The lowest BCUT2D eigenvalue weighted by atomic mass is 9.93. The van der Waals surface area contributed by atoms with Gasteiger partial charge in [-0.3, -0.25) is 0 Å². The molecule has 17 heavy (non-hydrogen) atoms. The van der Waals surface area contributed by atoms with E-state index in [-0.39, 0.29) is 6.61 Å². The van der Waals surface area contributed by atoms with Crippen molar-refractivity contribution in [2.45, 2.75) is 31.8 Å². The SMILES string of the molecule is OCC(Cc1ccc(Cl)cc1)CC1CCCO1. The maximum Gasteiger partial charge on any atom is 0.0579 e. The van der Waals surface area contributed by atoms with Gasteiger partial charge in [-0.15, -0.1) is 0 Å². The molecule has 1 aromatic rings. The van der Waals surface area contributed by atoms with Gasteiger partial charge in [0, 0.05) is 18.2 Å². The number of aliphatic hydroxyl groups is 1. The Labute approximate surface area is 108 Å². The number of hydrogen-bond acceptors (Lipinski definition) is 2. The standard InChI is InChI=1S/C14H19ClO2/c15-13-5-3-11(4-6-13)8-12(10-16)9-14-2-1-7-17-14/h3-6,12,14,16H,1-2,7-10H2. The van der Waals surface area contributed by atoms with Crippen molar-refractivity contribution >= 4 is 11.6 Å². The third-order valence-corrected chi connectivity index (χ3v) is 3.57. The average molecular weight is 255 g/mol. The van der Waals surface area contributed by atoms with E-state index < -0.39 is 0 Å². The molecule has 3 heteroatoms. The van der Waals surface area contributed by atoms with Crippen LogP contribution in [-0.2, 0) is 11.2 Å². The fraction of sp³-hybridized carbons (Fsp3) is 0.571. The van der Waals surface area contributed by atoms with Gasteiger partial charge in [-0.05, 0) is 49.3 Å². The Morgan fingerprint density at radius 3 is 2.71 bits per heavy atom. The van der Waals surface area contributed by atoms with Gasteiger partial charge < -0.3 is 9.84 Å². The third kappa shape index (κ3) is 3.98. The highest BCUT2D eigenvalue weighted by Crippen LogP contribution is 2.22. The Morgan fingerprint density at radius 2 is 2.12 bits per heavy atom. The summed E-state index contributed by atoms with van der Waals surface area (Å²) in [5.41, 5.74) is 1.23. The lowest BCUT2D eigenvalue weighted by Gasteiger charge is -2.18. The topological polar surface area (TPSA) is 29.5 Å². The smallest absolute Gasteiger partial charge is 0.0579 e. The summed E-state index contributed by atoms with van der Waals surface area (Å²) >= 11 is 5.85. The second-order valence-electron chi connectivity index (χ2n) is 4.75. The molecule has 1 N–H and O–H groups in total. The Balaban J connectivity index is 1.87. The maximum absolute atomic E-state index is 9.42. The van der Waals surface area contributed by atoms with Gasteiger partial charge in [0.2, 0.25) is 0 Å². The largest absolute Gasteiger partial charge is 0.396 e. The second kappa shape index (κ2) is 6.39. The van der Waals surface area contributed by atoms with Gasteiger partial charge in [0.15, 0.2) is 0 Å². The second-order valence-corrected chi connectivity index (χ2v) is 5.19. The van der Waals surface area contributed by atoms with E-state index in [0.29, 0.717) is 12.0 Å². The first-order valence-electron chi connectivity index (χ1n) is 6.25. The summed E-state index contributed by atoms with van der Waals surface area (Å²) in [7, 11) is 0. The highest BCUT2D eigenvalue weighted by molar-refractivity contribution is 6.30. The van der Waals surface area contributed by atoms with Gasteiger partial charge in [0.25, 0.3) is 0 Å². The molecule has 0 spiro atoms. The first kappa shape index (κ1) is 12.9. The molecular formula is C14H19ClO2. The highest BCUT2D eigenvalue weighted by atomic mass is 35.5. The van der Waals surface area contributed by atoms with Crippen LogP contribution in [0.2, 0.25) is 5.02 Å². The molecule has 0 aromatic heterocycles. The van der Waals surface area contributed by atoms with E-state index in [1.165, 1.54) is 5.56 Å². The number of benzene rings is 1. The van der Waals surface area contributed by atoms with E-state index >= 15 is 0 Å².